The monoisotopic (exact) mass is 172 g/mol. The molecule has 0 spiro atoms. The summed E-state index contributed by atoms with van der Waals surface area (Å²) in [5.41, 5.74) is 0. The molecule has 0 aromatic rings. The molecule has 1 rings (SSSR count). The molecule has 0 radical (unpaired) electrons. The van der Waals surface area contributed by atoms with E-state index in [9.17, 15) is 9.59 Å². The first-order valence-corrected chi connectivity index (χ1v) is 3.95. The number of hydrogen-bond acceptors (Lipinski definition) is 3. The van der Waals surface area contributed by atoms with Gasteiger partial charge < -0.3 is 15.4 Å². The molecular weight excluding hydrogens is 160 g/mol. The van der Waals surface area contributed by atoms with Gasteiger partial charge in [-0.2, -0.15) is 0 Å². The summed E-state index contributed by atoms with van der Waals surface area (Å²) >= 11 is 0. The Kier molecular flexibility index (Phi) is 2.90. The molecule has 2 N–H and O–H groups in total. The van der Waals surface area contributed by atoms with Crippen LogP contribution in [-0.4, -0.2) is 31.2 Å². The van der Waals surface area contributed by atoms with Gasteiger partial charge in [-0.3, -0.25) is 4.79 Å². The van der Waals surface area contributed by atoms with Gasteiger partial charge in [0.25, 0.3) is 0 Å². The fourth-order valence-electron chi connectivity index (χ4n) is 0.897. The molecule has 1 saturated heterocycles. The zero-order valence-corrected chi connectivity index (χ0v) is 6.92. The lowest BCUT2D eigenvalue weighted by molar-refractivity contribution is -0.122. The van der Waals surface area contributed by atoms with Crippen molar-refractivity contribution in [3.8, 4) is 0 Å². The lowest BCUT2D eigenvalue weighted by Gasteiger charge is -2.06. The highest BCUT2D eigenvalue weighted by Gasteiger charge is 2.28. The van der Waals surface area contributed by atoms with E-state index in [-0.39, 0.29) is 12.5 Å². The van der Waals surface area contributed by atoms with Crippen LogP contribution in [-0.2, 0) is 9.53 Å². The predicted molar refractivity (Wildman–Crippen MR) is 41.6 cm³/mol. The van der Waals surface area contributed by atoms with Crippen molar-refractivity contribution in [1.29, 1.82) is 0 Å². The van der Waals surface area contributed by atoms with Crippen LogP contribution in [0.4, 0.5) is 4.79 Å². The maximum Gasteiger partial charge on any atom is 0.407 e. The highest BCUT2D eigenvalue weighted by atomic mass is 16.6. The first-order valence-electron chi connectivity index (χ1n) is 3.95. The molecule has 1 aliphatic rings. The molecule has 1 heterocycles. The highest BCUT2D eigenvalue weighted by Crippen LogP contribution is 1.96. The number of nitrogens with one attached hydrogen (secondary N) is 2. The molecule has 0 aliphatic carbocycles. The molecule has 1 unspecified atom stereocenters. The molecular formula is C7H12N2O3. The molecule has 1 fully saturated rings. The number of alkyl carbamates (subject to hydrolysis) is 1. The first kappa shape index (κ1) is 8.83. The topological polar surface area (TPSA) is 67.4 Å². The lowest BCUT2D eigenvalue weighted by Crippen LogP contribution is -2.43. The standard InChI is InChI=1S/C7H12N2O3/c1-2-3-8-6(10)5-4-12-7(11)9-5/h5H,2-4H2,1H3,(H,8,10)(H,9,11). The molecule has 1 atom stereocenters. The van der Waals surface area contributed by atoms with E-state index >= 15 is 0 Å². The van der Waals surface area contributed by atoms with Crippen LogP contribution < -0.4 is 10.6 Å². The van der Waals surface area contributed by atoms with E-state index in [4.69, 9.17) is 0 Å². The maximum absolute atomic E-state index is 11.1. The van der Waals surface area contributed by atoms with Crippen molar-refractivity contribution in [2.45, 2.75) is 19.4 Å². The lowest BCUT2D eigenvalue weighted by atomic mass is 10.3. The van der Waals surface area contributed by atoms with Crippen LogP contribution in [0.25, 0.3) is 0 Å². The van der Waals surface area contributed by atoms with Crippen molar-refractivity contribution in [1.82, 2.24) is 10.6 Å². The number of amides is 2. The largest absolute Gasteiger partial charge is 0.447 e. The van der Waals surface area contributed by atoms with Crippen molar-refractivity contribution in [2.24, 2.45) is 0 Å². The van der Waals surface area contributed by atoms with Crippen LogP contribution in [0.1, 0.15) is 13.3 Å². The Morgan fingerprint density at radius 3 is 3.08 bits per heavy atom. The van der Waals surface area contributed by atoms with Crippen molar-refractivity contribution in [2.75, 3.05) is 13.2 Å². The van der Waals surface area contributed by atoms with Crippen LogP contribution in [0, 0.1) is 0 Å². The zero-order valence-electron chi connectivity index (χ0n) is 6.92. The highest BCUT2D eigenvalue weighted by molar-refractivity contribution is 5.87. The summed E-state index contributed by atoms with van der Waals surface area (Å²) < 4.78 is 4.56. The van der Waals surface area contributed by atoms with Gasteiger partial charge in [0.15, 0.2) is 0 Å². The van der Waals surface area contributed by atoms with Crippen LogP contribution in [0.3, 0.4) is 0 Å². The SMILES string of the molecule is CCCNC(=O)C1COC(=O)N1. The Morgan fingerprint density at radius 1 is 1.83 bits per heavy atom. The van der Waals surface area contributed by atoms with Crippen molar-refractivity contribution < 1.29 is 14.3 Å². The van der Waals surface area contributed by atoms with Crippen molar-refractivity contribution >= 4 is 12.0 Å². The predicted octanol–water partition coefficient (Wildman–Crippen LogP) is -0.379. The van der Waals surface area contributed by atoms with E-state index in [1.165, 1.54) is 0 Å². The van der Waals surface area contributed by atoms with Crippen LogP contribution in [0.15, 0.2) is 0 Å². The van der Waals surface area contributed by atoms with Gasteiger partial charge in [-0.15, -0.1) is 0 Å². The van der Waals surface area contributed by atoms with E-state index in [1.54, 1.807) is 0 Å². The van der Waals surface area contributed by atoms with Gasteiger partial charge in [0.2, 0.25) is 5.91 Å². The van der Waals surface area contributed by atoms with E-state index < -0.39 is 12.1 Å². The number of rotatable bonds is 3. The Hall–Kier alpha value is -1.26. The quantitative estimate of drug-likeness (QED) is 0.609. The molecule has 1 aliphatic heterocycles. The smallest absolute Gasteiger partial charge is 0.407 e. The van der Waals surface area contributed by atoms with Gasteiger partial charge in [0.05, 0.1) is 0 Å². The molecule has 5 nitrogen and oxygen atoms in total. The Morgan fingerprint density at radius 2 is 2.58 bits per heavy atom. The summed E-state index contributed by atoms with van der Waals surface area (Å²) in [6.07, 6.45) is 0.361. The van der Waals surface area contributed by atoms with Gasteiger partial charge in [0.1, 0.15) is 12.6 Å². The Bertz CT molecular complexity index is 193. The van der Waals surface area contributed by atoms with E-state index in [2.05, 4.69) is 15.4 Å². The van der Waals surface area contributed by atoms with E-state index in [0.29, 0.717) is 6.54 Å². The van der Waals surface area contributed by atoms with E-state index in [0.717, 1.165) is 6.42 Å². The van der Waals surface area contributed by atoms with Gasteiger partial charge >= 0.3 is 6.09 Å². The maximum atomic E-state index is 11.1. The molecule has 0 aromatic carbocycles. The molecule has 12 heavy (non-hydrogen) atoms. The summed E-state index contributed by atoms with van der Waals surface area (Å²) in [7, 11) is 0. The fraction of sp³-hybridized carbons (Fsp3) is 0.714. The summed E-state index contributed by atoms with van der Waals surface area (Å²) in [5.74, 6) is -0.178. The third-order valence-electron chi connectivity index (χ3n) is 1.54. The summed E-state index contributed by atoms with van der Waals surface area (Å²) in [6, 6.07) is -0.510. The number of ether oxygens (including phenoxy) is 1. The number of carbonyl (C=O) groups excluding carboxylic acids is 2. The molecule has 0 bridgehead atoms. The number of cyclic esters (lactones) is 1. The third kappa shape index (κ3) is 2.11. The van der Waals surface area contributed by atoms with Gasteiger partial charge in [-0.1, -0.05) is 6.92 Å². The molecule has 0 aromatic heterocycles. The first-order chi connectivity index (χ1) is 5.74. The zero-order chi connectivity index (χ0) is 8.97. The Labute approximate surface area is 70.5 Å². The number of carbonyl (C=O) groups is 2. The minimum absolute atomic E-state index is 0.133. The van der Waals surface area contributed by atoms with Gasteiger partial charge in [0, 0.05) is 6.54 Å². The average Bonchev–Trinajstić information content (AvgIpc) is 2.47. The summed E-state index contributed by atoms with van der Waals surface area (Å²) in [5, 5.41) is 5.05. The second-order valence-electron chi connectivity index (χ2n) is 2.59. The fourth-order valence-corrected chi connectivity index (χ4v) is 0.897. The van der Waals surface area contributed by atoms with Crippen LogP contribution in [0.2, 0.25) is 0 Å². The number of hydrogen-bond donors (Lipinski definition) is 2. The summed E-state index contributed by atoms with van der Waals surface area (Å²) in [6.45, 7) is 2.73. The summed E-state index contributed by atoms with van der Waals surface area (Å²) in [4.78, 5) is 21.7. The minimum atomic E-state index is -0.522. The second kappa shape index (κ2) is 3.94. The van der Waals surface area contributed by atoms with Crippen LogP contribution >= 0.6 is 0 Å². The van der Waals surface area contributed by atoms with E-state index in [1.807, 2.05) is 6.92 Å². The minimum Gasteiger partial charge on any atom is -0.447 e. The normalized spacial score (nSPS) is 21.4. The van der Waals surface area contributed by atoms with Gasteiger partial charge in [-0.25, -0.2) is 4.79 Å². The second-order valence-corrected chi connectivity index (χ2v) is 2.59. The molecule has 0 saturated carbocycles. The molecule has 5 heteroatoms. The van der Waals surface area contributed by atoms with Crippen molar-refractivity contribution in [3.63, 3.8) is 0 Å². The third-order valence-corrected chi connectivity index (χ3v) is 1.54. The average molecular weight is 172 g/mol. The van der Waals surface area contributed by atoms with Crippen LogP contribution in [0.5, 0.6) is 0 Å². The van der Waals surface area contributed by atoms with Gasteiger partial charge in [-0.05, 0) is 6.42 Å². The molecule has 2 amide bonds. The Balaban J connectivity index is 2.28. The molecule has 68 valence electrons. The van der Waals surface area contributed by atoms with Crippen molar-refractivity contribution in [3.05, 3.63) is 0 Å².